The van der Waals surface area contributed by atoms with Crippen molar-refractivity contribution in [1.29, 1.82) is 0 Å². The van der Waals surface area contributed by atoms with Gasteiger partial charge in [0.1, 0.15) is 10.6 Å². The summed E-state index contributed by atoms with van der Waals surface area (Å²) < 4.78 is 11.5. The number of rotatable bonds is 6. The molecule has 0 aliphatic heterocycles. The molecule has 1 aromatic carbocycles. The topological polar surface area (TPSA) is 42.7 Å². The van der Waals surface area contributed by atoms with Crippen molar-refractivity contribution >= 4 is 38.9 Å². The first-order valence-corrected chi connectivity index (χ1v) is 8.37. The van der Waals surface area contributed by atoms with Gasteiger partial charge in [-0.2, -0.15) is 0 Å². The molecule has 4 nitrogen and oxygen atoms in total. The minimum atomic E-state index is -0.107. The monoisotopic (exact) mass is 349 g/mol. The Morgan fingerprint density at radius 1 is 1.30 bits per heavy atom. The highest BCUT2D eigenvalue weighted by atomic mass is 35.5. The van der Waals surface area contributed by atoms with E-state index in [-0.39, 0.29) is 5.91 Å². The van der Waals surface area contributed by atoms with Crippen LogP contribution < -0.4 is 0 Å². The van der Waals surface area contributed by atoms with E-state index >= 15 is 0 Å². The van der Waals surface area contributed by atoms with Crippen molar-refractivity contribution < 1.29 is 13.9 Å². The van der Waals surface area contributed by atoms with Crippen molar-refractivity contribution in [1.82, 2.24) is 4.90 Å². The molecule has 0 N–H and O–H groups in total. The van der Waals surface area contributed by atoms with Crippen LogP contribution in [0.15, 0.2) is 47.1 Å². The van der Waals surface area contributed by atoms with Gasteiger partial charge in [-0.15, -0.1) is 11.3 Å². The largest absolute Gasteiger partial charge is 0.467 e. The van der Waals surface area contributed by atoms with Crippen molar-refractivity contribution in [3.05, 3.63) is 58.3 Å². The molecule has 0 aliphatic rings. The van der Waals surface area contributed by atoms with E-state index < -0.39 is 0 Å². The van der Waals surface area contributed by atoms with Crippen LogP contribution in [0.25, 0.3) is 10.1 Å². The zero-order chi connectivity index (χ0) is 16.2. The Labute approximate surface area is 143 Å². The second kappa shape index (κ2) is 7.17. The molecular weight excluding hydrogens is 334 g/mol. The Hall–Kier alpha value is -1.82. The summed E-state index contributed by atoms with van der Waals surface area (Å²) >= 11 is 7.83. The van der Waals surface area contributed by atoms with Crippen LogP contribution in [-0.2, 0) is 11.3 Å². The fourth-order valence-corrected chi connectivity index (χ4v) is 3.82. The molecule has 2 aromatic heterocycles. The Kier molecular flexibility index (Phi) is 5.00. The summed E-state index contributed by atoms with van der Waals surface area (Å²) in [6.45, 7) is 1.31. The molecule has 0 unspecified atom stereocenters. The lowest BCUT2D eigenvalue weighted by molar-refractivity contribution is 0.0671. The lowest BCUT2D eigenvalue weighted by Crippen LogP contribution is -2.33. The number of benzene rings is 1. The molecule has 2 heterocycles. The molecule has 0 aliphatic carbocycles. The summed E-state index contributed by atoms with van der Waals surface area (Å²) in [6.07, 6.45) is 1.60. The number of methoxy groups -OCH3 is 1. The molecule has 1 amide bonds. The molecule has 0 bridgehead atoms. The maximum absolute atomic E-state index is 12.9. The second-order valence-corrected chi connectivity index (χ2v) is 6.47. The zero-order valence-electron chi connectivity index (χ0n) is 12.6. The Balaban J connectivity index is 1.90. The number of nitrogens with zero attached hydrogens (tertiary/aromatic N) is 1. The van der Waals surface area contributed by atoms with E-state index in [1.54, 1.807) is 24.3 Å². The smallest absolute Gasteiger partial charge is 0.265 e. The number of ether oxygens (including phenoxy) is 1. The second-order valence-electron chi connectivity index (χ2n) is 5.04. The van der Waals surface area contributed by atoms with Gasteiger partial charge in [-0.25, -0.2) is 0 Å². The van der Waals surface area contributed by atoms with Gasteiger partial charge in [0.2, 0.25) is 0 Å². The highest BCUT2D eigenvalue weighted by Crippen LogP contribution is 2.36. The Morgan fingerprint density at radius 2 is 2.13 bits per heavy atom. The summed E-state index contributed by atoms with van der Waals surface area (Å²) in [7, 11) is 1.61. The van der Waals surface area contributed by atoms with E-state index in [2.05, 4.69) is 0 Å². The molecule has 3 aromatic rings. The van der Waals surface area contributed by atoms with Crippen LogP contribution >= 0.6 is 22.9 Å². The fourth-order valence-electron chi connectivity index (χ4n) is 2.34. The quantitative estimate of drug-likeness (QED) is 0.660. The average Bonchev–Trinajstić information content (AvgIpc) is 3.19. The van der Waals surface area contributed by atoms with Crippen LogP contribution in [0.4, 0.5) is 0 Å². The fraction of sp³-hybridized carbons (Fsp3) is 0.235. The molecule has 6 heteroatoms. The summed E-state index contributed by atoms with van der Waals surface area (Å²) in [5.74, 6) is 0.622. The predicted molar refractivity (Wildman–Crippen MR) is 92.2 cm³/mol. The number of fused-ring (bicyclic) bond motifs is 1. The molecule has 0 saturated carbocycles. The summed E-state index contributed by atoms with van der Waals surface area (Å²) in [6, 6.07) is 11.4. The normalized spacial score (nSPS) is 11.0. The van der Waals surface area contributed by atoms with Gasteiger partial charge in [0.25, 0.3) is 5.91 Å². The molecule has 3 rings (SSSR count). The van der Waals surface area contributed by atoms with Gasteiger partial charge in [0, 0.05) is 23.7 Å². The molecule has 0 radical (unpaired) electrons. The van der Waals surface area contributed by atoms with Crippen LogP contribution in [0.2, 0.25) is 5.02 Å². The van der Waals surface area contributed by atoms with Gasteiger partial charge in [-0.1, -0.05) is 29.8 Å². The first-order chi connectivity index (χ1) is 11.2. The lowest BCUT2D eigenvalue weighted by Gasteiger charge is -2.20. The Bertz CT molecular complexity index is 797. The maximum Gasteiger partial charge on any atom is 0.265 e. The number of furan rings is 1. The third kappa shape index (κ3) is 3.42. The van der Waals surface area contributed by atoms with E-state index in [1.165, 1.54) is 11.3 Å². The molecule has 0 atom stereocenters. The van der Waals surface area contributed by atoms with Gasteiger partial charge in [0.15, 0.2) is 0 Å². The van der Waals surface area contributed by atoms with Crippen molar-refractivity contribution in [2.24, 2.45) is 0 Å². The number of carbonyl (C=O) groups excluding carboxylic acids is 1. The van der Waals surface area contributed by atoms with E-state index in [0.29, 0.717) is 29.6 Å². The molecule has 120 valence electrons. The van der Waals surface area contributed by atoms with Gasteiger partial charge in [-0.3, -0.25) is 4.79 Å². The van der Waals surface area contributed by atoms with Crippen LogP contribution in [0.5, 0.6) is 0 Å². The predicted octanol–water partition coefficient (Wildman–Crippen LogP) is 4.44. The minimum Gasteiger partial charge on any atom is -0.467 e. The SMILES string of the molecule is COCCN(Cc1ccco1)C(=O)c1sc2ccccc2c1Cl. The first-order valence-electron chi connectivity index (χ1n) is 7.18. The highest BCUT2D eigenvalue weighted by molar-refractivity contribution is 7.21. The summed E-state index contributed by atoms with van der Waals surface area (Å²) in [5.41, 5.74) is 0. The summed E-state index contributed by atoms with van der Waals surface area (Å²) in [4.78, 5) is 15.2. The van der Waals surface area contributed by atoms with Crippen LogP contribution in [0, 0.1) is 0 Å². The third-order valence-corrected chi connectivity index (χ3v) is 5.17. The average molecular weight is 350 g/mol. The van der Waals surface area contributed by atoms with Crippen LogP contribution in [0.1, 0.15) is 15.4 Å². The van der Waals surface area contributed by atoms with Crippen LogP contribution in [0.3, 0.4) is 0 Å². The number of amides is 1. The standard InChI is InChI=1S/C17H16ClNO3S/c1-21-10-8-19(11-12-5-4-9-22-12)17(20)16-15(18)13-6-2-3-7-14(13)23-16/h2-7,9H,8,10-11H2,1H3. The molecule has 0 saturated heterocycles. The Morgan fingerprint density at radius 3 is 2.83 bits per heavy atom. The van der Waals surface area contributed by atoms with E-state index in [1.807, 2.05) is 30.3 Å². The molecular formula is C17H16ClNO3S. The van der Waals surface area contributed by atoms with Gasteiger partial charge < -0.3 is 14.1 Å². The third-order valence-electron chi connectivity index (χ3n) is 3.51. The van der Waals surface area contributed by atoms with E-state index in [4.69, 9.17) is 20.8 Å². The number of carbonyl (C=O) groups is 1. The number of halogens is 1. The van der Waals surface area contributed by atoms with Gasteiger partial charge in [-0.05, 0) is 18.2 Å². The first kappa shape index (κ1) is 16.1. The van der Waals surface area contributed by atoms with Crippen molar-refractivity contribution in [2.45, 2.75) is 6.54 Å². The highest BCUT2D eigenvalue weighted by Gasteiger charge is 2.23. The zero-order valence-corrected chi connectivity index (χ0v) is 14.2. The maximum atomic E-state index is 12.9. The number of hydrogen-bond donors (Lipinski definition) is 0. The van der Waals surface area contributed by atoms with Gasteiger partial charge in [0.05, 0.1) is 24.4 Å². The molecule has 0 fully saturated rings. The molecule has 0 spiro atoms. The van der Waals surface area contributed by atoms with E-state index in [9.17, 15) is 4.79 Å². The van der Waals surface area contributed by atoms with Crippen molar-refractivity contribution in [3.8, 4) is 0 Å². The van der Waals surface area contributed by atoms with Crippen molar-refractivity contribution in [2.75, 3.05) is 20.3 Å². The minimum absolute atomic E-state index is 0.107. The number of hydrogen-bond acceptors (Lipinski definition) is 4. The molecule has 23 heavy (non-hydrogen) atoms. The van der Waals surface area contributed by atoms with Gasteiger partial charge >= 0.3 is 0 Å². The van der Waals surface area contributed by atoms with Crippen molar-refractivity contribution in [3.63, 3.8) is 0 Å². The number of thiophene rings is 1. The summed E-state index contributed by atoms with van der Waals surface area (Å²) in [5, 5.41) is 1.42. The lowest BCUT2D eigenvalue weighted by atomic mass is 10.2. The van der Waals surface area contributed by atoms with Crippen LogP contribution in [-0.4, -0.2) is 31.1 Å². The van der Waals surface area contributed by atoms with E-state index in [0.717, 1.165) is 15.8 Å².